The molecule has 4 aromatic rings. The molecule has 0 bridgehead atoms. The van der Waals surface area contributed by atoms with E-state index >= 15 is 0 Å². The van der Waals surface area contributed by atoms with Crippen LogP contribution in [-0.2, 0) is 6.42 Å². The topological polar surface area (TPSA) is 30.0 Å². The lowest BCUT2D eigenvalue weighted by Gasteiger charge is -2.09. The average molecular weight is 297 g/mol. The zero-order valence-corrected chi connectivity index (χ0v) is 12.6. The van der Waals surface area contributed by atoms with Crippen molar-refractivity contribution in [1.82, 2.24) is 4.98 Å². The third-order valence-electron chi connectivity index (χ3n) is 4.08. The first kappa shape index (κ1) is 13.6. The van der Waals surface area contributed by atoms with Crippen LogP contribution < -0.4 is 0 Å². The maximum absolute atomic E-state index is 12.8. The maximum Gasteiger partial charge on any atom is 0.186 e. The third kappa shape index (κ3) is 2.49. The van der Waals surface area contributed by atoms with Crippen molar-refractivity contribution in [3.63, 3.8) is 0 Å². The lowest BCUT2D eigenvalue weighted by atomic mass is 9.99. The smallest absolute Gasteiger partial charge is 0.186 e. The molecular weight excluding hydrogens is 282 g/mol. The van der Waals surface area contributed by atoms with Gasteiger partial charge in [-0.2, -0.15) is 0 Å². The standard InChI is InChI=1S/C21H15NO/c23-20(14-15-8-2-1-3-9-15)21-18-12-5-4-10-16(18)17-11-6-7-13-19(17)22-21/h1-13H,14H2. The van der Waals surface area contributed by atoms with Crippen molar-refractivity contribution in [3.05, 3.63) is 90.1 Å². The molecule has 1 heterocycles. The normalized spacial score (nSPS) is 11.0. The van der Waals surface area contributed by atoms with Crippen molar-refractivity contribution in [1.29, 1.82) is 0 Å². The minimum Gasteiger partial charge on any atom is -0.292 e. The molecule has 0 saturated heterocycles. The van der Waals surface area contributed by atoms with E-state index in [9.17, 15) is 4.79 Å². The van der Waals surface area contributed by atoms with Gasteiger partial charge in [0.2, 0.25) is 0 Å². The summed E-state index contributed by atoms with van der Waals surface area (Å²) >= 11 is 0. The van der Waals surface area contributed by atoms with Crippen LogP contribution in [0.1, 0.15) is 16.1 Å². The van der Waals surface area contributed by atoms with Gasteiger partial charge in [0.25, 0.3) is 0 Å². The molecule has 0 saturated carbocycles. The Morgan fingerprint density at radius 2 is 1.30 bits per heavy atom. The van der Waals surface area contributed by atoms with Crippen molar-refractivity contribution >= 4 is 27.5 Å². The van der Waals surface area contributed by atoms with Gasteiger partial charge in [-0.3, -0.25) is 4.79 Å². The number of benzene rings is 3. The SMILES string of the molecule is O=C(Cc1ccccc1)c1nc2ccccc2c2ccccc12. The predicted octanol–water partition coefficient (Wildman–Crippen LogP) is 4.81. The van der Waals surface area contributed by atoms with Gasteiger partial charge in [0.15, 0.2) is 5.78 Å². The van der Waals surface area contributed by atoms with Crippen LogP contribution in [0.15, 0.2) is 78.9 Å². The number of aromatic nitrogens is 1. The number of hydrogen-bond donors (Lipinski definition) is 0. The fourth-order valence-electron chi connectivity index (χ4n) is 2.98. The number of carbonyl (C=O) groups is 1. The van der Waals surface area contributed by atoms with E-state index < -0.39 is 0 Å². The first-order valence-electron chi connectivity index (χ1n) is 7.67. The van der Waals surface area contributed by atoms with Gasteiger partial charge in [0, 0.05) is 17.2 Å². The number of para-hydroxylation sites is 1. The number of ketones is 1. The number of hydrogen-bond acceptors (Lipinski definition) is 2. The van der Waals surface area contributed by atoms with E-state index in [0.29, 0.717) is 12.1 Å². The molecule has 2 nitrogen and oxygen atoms in total. The largest absolute Gasteiger partial charge is 0.292 e. The molecule has 0 radical (unpaired) electrons. The van der Waals surface area contributed by atoms with Crippen molar-refractivity contribution in [3.8, 4) is 0 Å². The summed E-state index contributed by atoms with van der Waals surface area (Å²) in [6, 6.07) is 25.8. The van der Waals surface area contributed by atoms with Crippen LogP contribution in [-0.4, -0.2) is 10.8 Å². The molecule has 0 amide bonds. The van der Waals surface area contributed by atoms with Crippen LogP contribution in [0.5, 0.6) is 0 Å². The van der Waals surface area contributed by atoms with Gasteiger partial charge >= 0.3 is 0 Å². The molecule has 0 fully saturated rings. The van der Waals surface area contributed by atoms with Crippen molar-refractivity contribution in [2.75, 3.05) is 0 Å². The van der Waals surface area contributed by atoms with Gasteiger partial charge in [0.05, 0.1) is 5.52 Å². The highest BCUT2D eigenvalue weighted by atomic mass is 16.1. The zero-order chi connectivity index (χ0) is 15.6. The van der Waals surface area contributed by atoms with E-state index in [1.54, 1.807) is 0 Å². The summed E-state index contributed by atoms with van der Waals surface area (Å²) in [5.74, 6) is 0.0538. The molecule has 0 N–H and O–H groups in total. The second kappa shape index (κ2) is 5.65. The summed E-state index contributed by atoms with van der Waals surface area (Å²) in [6.45, 7) is 0. The lowest BCUT2D eigenvalue weighted by Crippen LogP contribution is -2.07. The van der Waals surface area contributed by atoms with Crippen LogP contribution in [0.25, 0.3) is 21.7 Å². The Kier molecular flexibility index (Phi) is 3.35. The quantitative estimate of drug-likeness (QED) is 0.401. The minimum atomic E-state index is 0.0538. The molecule has 0 aliphatic carbocycles. The van der Waals surface area contributed by atoms with E-state index in [1.807, 2.05) is 66.7 Å². The van der Waals surface area contributed by atoms with E-state index in [-0.39, 0.29) is 5.78 Å². The zero-order valence-electron chi connectivity index (χ0n) is 12.6. The molecular formula is C21H15NO. The lowest BCUT2D eigenvalue weighted by molar-refractivity contribution is 0.0990. The Bertz CT molecular complexity index is 1010. The molecule has 2 heteroatoms. The second-order valence-electron chi connectivity index (χ2n) is 5.61. The Morgan fingerprint density at radius 1 is 0.696 bits per heavy atom. The fourth-order valence-corrected chi connectivity index (χ4v) is 2.98. The molecule has 0 atom stereocenters. The monoisotopic (exact) mass is 297 g/mol. The van der Waals surface area contributed by atoms with Gasteiger partial charge in [-0.1, -0.05) is 72.8 Å². The summed E-state index contributed by atoms with van der Waals surface area (Å²) in [4.78, 5) is 17.5. The van der Waals surface area contributed by atoms with Gasteiger partial charge < -0.3 is 0 Å². The van der Waals surface area contributed by atoms with Crippen molar-refractivity contribution < 1.29 is 4.79 Å². The fraction of sp³-hybridized carbons (Fsp3) is 0.0476. The van der Waals surface area contributed by atoms with E-state index in [4.69, 9.17) is 0 Å². The van der Waals surface area contributed by atoms with Crippen LogP contribution in [0.4, 0.5) is 0 Å². The van der Waals surface area contributed by atoms with E-state index in [2.05, 4.69) is 17.1 Å². The molecule has 0 spiro atoms. The maximum atomic E-state index is 12.8. The highest BCUT2D eigenvalue weighted by Crippen LogP contribution is 2.26. The molecule has 4 rings (SSSR count). The highest BCUT2D eigenvalue weighted by molar-refractivity contribution is 6.15. The minimum absolute atomic E-state index is 0.0538. The summed E-state index contributed by atoms with van der Waals surface area (Å²) in [6.07, 6.45) is 0.371. The Labute approximate surface area is 134 Å². The summed E-state index contributed by atoms with van der Waals surface area (Å²) in [7, 11) is 0. The van der Waals surface area contributed by atoms with Gasteiger partial charge in [-0.15, -0.1) is 0 Å². The van der Waals surface area contributed by atoms with E-state index in [1.165, 1.54) is 0 Å². The predicted molar refractivity (Wildman–Crippen MR) is 93.7 cm³/mol. The first-order valence-corrected chi connectivity index (χ1v) is 7.67. The highest BCUT2D eigenvalue weighted by Gasteiger charge is 2.14. The summed E-state index contributed by atoms with van der Waals surface area (Å²) in [5.41, 5.74) is 2.43. The Hall–Kier alpha value is -3.00. The first-order chi connectivity index (χ1) is 11.3. The van der Waals surface area contributed by atoms with Crippen molar-refractivity contribution in [2.45, 2.75) is 6.42 Å². The molecule has 0 aliphatic heterocycles. The summed E-state index contributed by atoms with van der Waals surface area (Å²) < 4.78 is 0. The number of fused-ring (bicyclic) bond motifs is 3. The van der Waals surface area contributed by atoms with E-state index in [0.717, 1.165) is 27.2 Å². The Balaban J connectivity index is 1.89. The van der Waals surface area contributed by atoms with Crippen LogP contribution in [0, 0.1) is 0 Å². The number of Topliss-reactive ketones (excluding diaryl/α,β-unsaturated/α-hetero) is 1. The van der Waals surface area contributed by atoms with Crippen LogP contribution >= 0.6 is 0 Å². The molecule has 0 unspecified atom stereocenters. The van der Waals surface area contributed by atoms with Crippen molar-refractivity contribution in [2.24, 2.45) is 0 Å². The second-order valence-corrected chi connectivity index (χ2v) is 5.61. The molecule has 1 aromatic heterocycles. The number of carbonyl (C=O) groups excluding carboxylic acids is 1. The van der Waals surface area contributed by atoms with Gasteiger partial charge in [-0.25, -0.2) is 4.98 Å². The molecule has 0 aliphatic rings. The van der Waals surface area contributed by atoms with Crippen LogP contribution in [0.3, 0.4) is 0 Å². The summed E-state index contributed by atoms with van der Waals surface area (Å²) in [5, 5.41) is 3.08. The Morgan fingerprint density at radius 3 is 2.09 bits per heavy atom. The number of pyridine rings is 1. The number of rotatable bonds is 3. The molecule has 110 valence electrons. The molecule has 3 aromatic carbocycles. The number of nitrogens with zero attached hydrogens (tertiary/aromatic N) is 1. The molecule has 23 heavy (non-hydrogen) atoms. The van der Waals surface area contributed by atoms with Gasteiger partial charge in [0.1, 0.15) is 5.69 Å². The third-order valence-corrected chi connectivity index (χ3v) is 4.08. The average Bonchev–Trinajstić information content (AvgIpc) is 2.62. The van der Waals surface area contributed by atoms with Gasteiger partial charge in [-0.05, 0) is 17.0 Å². The van der Waals surface area contributed by atoms with Crippen LogP contribution in [0.2, 0.25) is 0 Å².